The first kappa shape index (κ1) is 21.2. The highest BCUT2D eigenvalue weighted by atomic mass is 16.5. The molecular weight excluding hydrogens is 356 g/mol. The molecule has 0 atom stereocenters. The Labute approximate surface area is 175 Å². The first-order valence-electron chi connectivity index (χ1n) is 10.6. The predicted octanol–water partition coefficient (Wildman–Crippen LogP) is 7.33. The lowest BCUT2D eigenvalue weighted by atomic mass is 9.89. The van der Waals surface area contributed by atoms with E-state index in [-0.39, 0.29) is 0 Å². The first-order chi connectivity index (χ1) is 13.8. The zero-order valence-electron chi connectivity index (χ0n) is 18.9. The van der Waals surface area contributed by atoms with E-state index in [1.807, 2.05) is 0 Å². The second-order valence-corrected chi connectivity index (χ2v) is 8.64. The predicted molar refractivity (Wildman–Crippen MR) is 121 cm³/mol. The van der Waals surface area contributed by atoms with E-state index in [4.69, 9.17) is 9.15 Å². The fraction of sp³-hybridized carbons (Fsp3) is 0.407. The number of benzene rings is 2. The van der Waals surface area contributed by atoms with E-state index in [0.717, 1.165) is 30.1 Å². The molecule has 1 aromatic heterocycles. The molecule has 0 saturated heterocycles. The van der Waals surface area contributed by atoms with Gasteiger partial charge in [0.15, 0.2) is 0 Å². The molecule has 3 rings (SSSR count). The van der Waals surface area contributed by atoms with Crippen LogP contribution in [0.2, 0.25) is 0 Å². The van der Waals surface area contributed by atoms with Crippen molar-refractivity contribution < 1.29 is 9.15 Å². The third-order valence-electron chi connectivity index (χ3n) is 5.84. The minimum atomic E-state index is 0.415. The molecule has 0 amide bonds. The maximum absolute atomic E-state index is 6.20. The van der Waals surface area contributed by atoms with Gasteiger partial charge in [-0.3, -0.25) is 0 Å². The Morgan fingerprint density at radius 3 is 1.93 bits per heavy atom. The fourth-order valence-corrected chi connectivity index (χ4v) is 4.04. The zero-order chi connectivity index (χ0) is 21.1. The number of methoxy groups -OCH3 is 1. The van der Waals surface area contributed by atoms with Crippen molar-refractivity contribution in [3.8, 4) is 5.75 Å². The monoisotopic (exact) mass is 390 g/mol. The van der Waals surface area contributed by atoms with Crippen LogP contribution in [-0.4, -0.2) is 7.11 Å². The van der Waals surface area contributed by atoms with Gasteiger partial charge in [-0.05, 0) is 53.5 Å². The van der Waals surface area contributed by atoms with E-state index in [2.05, 4.69) is 84.0 Å². The van der Waals surface area contributed by atoms with Crippen molar-refractivity contribution in [2.75, 3.05) is 7.11 Å². The highest BCUT2D eigenvalue weighted by Crippen LogP contribution is 2.37. The first-order valence-corrected chi connectivity index (χ1v) is 10.6. The van der Waals surface area contributed by atoms with Crippen molar-refractivity contribution in [3.05, 3.63) is 87.4 Å². The molecule has 0 fully saturated rings. The number of hydrogen-bond donors (Lipinski definition) is 0. The summed E-state index contributed by atoms with van der Waals surface area (Å²) in [6, 6.07) is 15.2. The molecule has 0 radical (unpaired) electrons. The summed E-state index contributed by atoms with van der Waals surface area (Å²) in [7, 11) is 1.79. The molecule has 0 aliphatic rings. The molecule has 2 nitrogen and oxygen atoms in total. The van der Waals surface area contributed by atoms with Crippen LogP contribution in [-0.2, 0) is 12.8 Å². The maximum atomic E-state index is 6.20. The van der Waals surface area contributed by atoms with Gasteiger partial charge in [0.2, 0.25) is 0 Å². The van der Waals surface area contributed by atoms with Crippen molar-refractivity contribution >= 4 is 0 Å². The topological polar surface area (TPSA) is 22.4 Å². The van der Waals surface area contributed by atoms with Gasteiger partial charge < -0.3 is 9.15 Å². The number of rotatable bonds is 7. The van der Waals surface area contributed by atoms with Crippen LogP contribution in [0, 0.1) is 13.8 Å². The molecule has 0 spiro atoms. The van der Waals surface area contributed by atoms with E-state index in [0.29, 0.717) is 11.8 Å². The minimum Gasteiger partial charge on any atom is -0.496 e. The van der Waals surface area contributed by atoms with Gasteiger partial charge in [-0.15, -0.1) is 0 Å². The van der Waals surface area contributed by atoms with Crippen molar-refractivity contribution in [1.82, 2.24) is 0 Å². The van der Waals surface area contributed by atoms with Gasteiger partial charge in [-0.25, -0.2) is 0 Å². The molecule has 2 aromatic carbocycles. The van der Waals surface area contributed by atoms with Gasteiger partial charge in [-0.1, -0.05) is 70.2 Å². The Hall–Kier alpha value is -2.48. The lowest BCUT2D eigenvalue weighted by Gasteiger charge is -2.20. The van der Waals surface area contributed by atoms with Gasteiger partial charge in [0, 0.05) is 18.4 Å². The van der Waals surface area contributed by atoms with Crippen LogP contribution in [0.15, 0.2) is 46.9 Å². The number of aryl methyl sites for hydroxylation is 1. The third-order valence-corrected chi connectivity index (χ3v) is 5.84. The van der Waals surface area contributed by atoms with Crippen molar-refractivity contribution in [1.29, 1.82) is 0 Å². The Morgan fingerprint density at radius 2 is 1.41 bits per heavy atom. The standard InChI is InChI=1S/C27H34O2/c1-17(2)23-13-22(14-24(18(3)4)27(23)28-7)15-25-19(5)20(6)29-26(25)16-21-11-9-8-10-12-21/h8-14,17-18H,15-16H2,1-7H3. The van der Waals surface area contributed by atoms with Crippen LogP contribution in [0.4, 0.5) is 0 Å². The van der Waals surface area contributed by atoms with Gasteiger partial charge in [0.1, 0.15) is 17.3 Å². The molecule has 0 aliphatic heterocycles. The molecular formula is C27H34O2. The van der Waals surface area contributed by atoms with Crippen LogP contribution in [0.25, 0.3) is 0 Å². The lowest BCUT2D eigenvalue weighted by molar-refractivity contribution is 0.400. The summed E-state index contributed by atoms with van der Waals surface area (Å²) in [6.07, 6.45) is 1.71. The van der Waals surface area contributed by atoms with Gasteiger partial charge in [-0.2, -0.15) is 0 Å². The zero-order valence-corrected chi connectivity index (χ0v) is 18.9. The van der Waals surface area contributed by atoms with Crippen LogP contribution >= 0.6 is 0 Å². The quantitative estimate of drug-likeness (QED) is 0.421. The Balaban J connectivity index is 2.04. The highest BCUT2D eigenvalue weighted by Gasteiger charge is 2.20. The average Bonchev–Trinajstić information content (AvgIpc) is 2.95. The third kappa shape index (κ3) is 4.58. The molecule has 3 aromatic rings. The molecule has 0 N–H and O–H groups in total. The maximum Gasteiger partial charge on any atom is 0.125 e. The normalized spacial score (nSPS) is 11.5. The van der Waals surface area contributed by atoms with Crippen LogP contribution < -0.4 is 4.74 Å². The van der Waals surface area contributed by atoms with Crippen LogP contribution in [0.1, 0.15) is 84.4 Å². The molecule has 0 unspecified atom stereocenters. The second kappa shape index (κ2) is 8.90. The van der Waals surface area contributed by atoms with Gasteiger partial charge >= 0.3 is 0 Å². The summed E-state index contributed by atoms with van der Waals surface area (Å²) in [4.78, 5) is 0. The van der Waals surface area contributed by atoms with E-state index in [1.165, 1.54) is 33.4 Å². The van der Waals surface area contributed by atoms with E-state index >= 15 is 0 Å². The van der Waals surface area contributed by atoms with E-state index in [9.17, 15) is 0 Å². The average molecular weight is 391 g/mol. The fourth-order valence-electron chi connectivity index (χ4n) is 4.04. The molecule has 29 heavy (non-hydrogen) atoms. The van der Waals surface area contributed by atoms with E-state index in [1.54, 1.807) is 7.11 Å². The second-order valence-electron chi connectivity index (χ2n) is 8.64. The Bertz CT molecular complexity index is 933. The summed E-state index contributed by atoms with van der Waals surface area (Å²) in [5.74, 6) is 3.98. The Kier molecular flexibility index (Phi) is 6.52. The Morgan fingerprint density at radius 1 is 0.828 bits per heavy atom. The molecule has 154 valence electrons. The summed E-state index contributed by atoms with van der Waals surface area (Å²) >= 11 is 0. The van der Waals surface area contributed by atoms with Crippen LogP contribution in [0.5, 0.6) is 5.75 Å². The summed E-state index contributed by atoms with van der Waals surface area (Å²) in [5, 5.41) is 0. The molecule has 1 heterocycles. The van der Waals surface area contributed by atoms with Gasteiger partial charge in [0.25, 0.3) is 0 Å². The van der Waals surface area contributed by atoms with Crippen molar-refractivity contribution in [2.24, 2.45) is 0 Å². The minimum absolute atomic E-state index is 0.415. The summed E-state index contributed by atoms with van der Waals surface area (Å²) < 4.78 is 12.0. The van der Waals surface area contributed by atoms with E-state index < -0.39 is 0 Å². The summed E-state index contributed by atoms with van der Waals surface area (Å²) in [6.45, 7) is 13.2. The number of furan rings is 1. The molecule has 2 heteroatoms. The van der Waals surface area contributed by atoms with Crippen molar-refractivity contribution in [2.45, 2.75) is 66.2 Å². The molecule has 0 saturated carbocycles. The lowest BCUT2D eigenvalue weighted by Crippen LogP contribution is -2.04. The largest absolute Gasteiger partial charge is 0.496 e. The van der Waals surface area contributed by atoms with Crippen LogP contribution in [0.3, 0.4) is 0 Å². The number of hydrogen-bond acceptors (Lipinski definition) is 2. The van der Waals surface area contributed by atoms with Crippen molar-refractivity contribution in [3.63, 3.8) is 0 Å². The molecule has 0 aliphatic carbocycles. The SMILES string of the molecule is COc1c(C(C)C)cc(Cc2c(Cc3ccccc3)oc(C)c2C)cc1C(C)C. The van der Waals surface area contributed by atoms with Gasteiger partial charge in [0.05, 0.1) is 7.11 Å². The smallest absolute Gasteiger partial charge is 0.125 e. The number of ether oxygens (including phenoxy) is 1. The highest BCUT2D eigenvalue weighted by molar-refractivity contribution is 5.50. The summed E-state index contributed by atoms with van der Waals surface area (Å²) in [5.41, 5.74) is 7.77. The molecule has 0 bridgehead atoms.